The smallest absolute Gasteiger partial charge is 0.262 e. The molecule has 1 aliphatic heterocycles. The van der Waals surface area contributed by atoms with Gasteiger partial charge in [0, 0.05) is 13.1 Å². The molecule has 1 fully saturated rings. The molecule has 0 saturated carbocycles. The van der Waals surface area contributed by atoms with Crippen LogP contribution < -0.4 is 10.1 Å². The number of aryl methyl sites for hydroxylation is 1. The number of carbonyl (C=O) groups excluding carboxylic acids is 2. The molecule has 0 spiro atoms. The van der Waals surface area contributed by atoms with E-state index < -0.39 is 0 Å². The van der Waals surface area contributed by atoms with Crippen LogP contribution in [0.25, 0.3) is 0 Å². The van der Waals surface area contributed by atoms with E-state index in [0.717, 1.165) is 49.2 Å². The quantitative estimate of drug-likeness (QED) is 0.768. The second-order valence-corrected chi connectivity index (χ2v) is 7.93. The molecule has 0 aliphatic carbocycles. The van der Waals surface area contributed by atoms with Crippen LogP contribution in [0.2, 0.25) is 0 Å². The number of nitrogens with zero attached hydrogens (tertiary/aromatic N) is 1. The van der Waals surface area contributed by atoms with Crippen LogP contribution in [0, 0.1) is 6.92 Å². The summed E-state index contributed by atoms with van der Waals surface area (Å²) in [5.41, 5.74) is 3.22. The van der Waals surface area contributed by atoms with Crippen LogP contribution in [0.3, 0.4) is 0 Å². The molecular formula is C24H30N2O3. The highest BCUT2D eigenvalue weighted by atomic mass is 16.5. The topological polar surface area (TPSA) is 58.6 Å². The minimum Gasteiger partial charge on any atom is -0.483 e. The molecule has 0 atom stereocenters. The van der Waals surface area contributed by atoms with Gasteiger partial charge in [-0.25, -0.2) is 0 Å². The van der Waals surface area contributed by atoms with Crippen LogP contribution in [-0.2, 0) is 4.79 Å². The predicted octanol–water partition coefficient (Wildman–Crippen LogP) is 4.76. The maximum Gasteiger partial charge on any atom is 0.262 e. The van der Waals surface area contributed by atoms with Gasteiger partial charge < -0.3 is 15.0 Å². The van der Waals surface area contributed by atoms with Gasteiger partial charge in [0.15, 0.2) is 6.61 Å². The number of likely N-dealkylation sites (tertiary alicyclic amines) is 1. The van der Waals surface area contributed by atoms with E-state index in [4.69, 9.17) is 4.74 Å². The third-order valence-corrected chi connectivity index (χ3v) is 5.22. The summed E-state index contributed by atoms with van der Waals surface area (Å²) < 4.78 is 5.82. The third kappa shape index (κ3) is 5.37. The molecule has 2 aromatic rings. The highest BCUT2D eigenvalue weighted by molar-refractivity contribution is 6.04. The standard InChI is InChI=1S/C24H30N2O3/c1-17(2)19-12-11-18(3)15-22(19)29-16-23(27)25-21-10-6-5-9-20(21)24(28)26-13-7-4-8-14-26/h5-6,9-12,15,17H,4,7-8,13-14,16H2,1-3H3,(H,25,27). The molecule has 5 nitrogen and oxygen atoms in total. The average Bonchev–Trinajstić information content (AvgIpc) is 2.72. The highest BCUT2D eigenvalue weighted by Gasteiger charge is 2.21. The molecule has 154 valence electrons. The Balaban J connectivity index is 1.67. The van der Waals surface area contributed by atoms with Crippen molar-refractivity contribution in [3.05, 3.63) is 59.2 Å². The summed E-state index contributed by atoms with van der Waals surface area (Å²) in [6.07, 6.45) is 3.22. The van der Waals surface area contributed by atoms with Gasteiger partial charge in [0.05, 0.1) is 11.3 Å². The first-order valence-corrected chi connectivity index (χ1v) is 10.4. The van der Waals surface area contributed by atoms with Crippen molar-refractivity contribution in [1.82, 2.24) is 4.90 Å². The van der Waals surface area contributed by atoms with Crippen molar-refractivity contribution in [2.75, 3.05) is 25.0 Å². The number of nitrogens with one attached hydrogen (secondary N) is 1. The first-order chi connectivity index (χ1) is 14.0. The van der Waals surface area contributed by atoms with Crippen molar-refractivity contribution in [2.24, 2.45) is 0 Å². The van der Waals surface area contributed by atoms with Crippen LogP contribution in [0.1, 0.15) is 60.5 Å². The Hall–Kier alpha value is -2.82. The summed E-state index contributed by atoms with van der Waals surface area (Å²) >= 11 is 0. The average molecular weight is 395 g/mol. The van der Waals surface area contributed by atoms with Crippen LogP contribution in [0.5, 0.6) is 5.75 Å². The molecule has 1 aliphatic rings. The maximum atomic E-state index is 12.9. The van der Waals surface area contributed by atoms with Crippen molar-refractivity contribution in [3.8, 4) is 5.75 Å². The zero-order chi connectivity index (χ0) is 20.8. The van der Waals surface area contributed by atoms with Crippen LogP contribution in [0.15, 0.2) is 42.5 Å². The molecule has 0 radical (unpaired) electrons. The maximum absolute atomic E-state index is 12.9. The van der Waals surface area contributed by atoms with E-state index in [9.17, 15) is 9.59 Å². The van der Waals surface area contributed by atoms with Gasteiger partial charge in [0.25, 0.3) is 11.8 Å². The van der Waals surface area contributed by atoms with Crippen LogP contribution in [0.4, 0.5) is 5.69 Å². The van der Waals surface area contributed by atoms with Crippen molar-refractivity contribution in [2.45, 2.75) is 46.0 Å². The number of hydrogen-bond donors (Lipinski definition) is 1. The summed E-state index contributed by atoms with van der Waals surface area (Å²) in [6, 6.07) is 13.2. The van der Waals surface area contributed by atoms with Crippen LogP contribution in [-0.4, -0.2) is 36.4 Å². The number of anilines is 1. The molecule has 0 bridgehead atoms. The van der Waals surface area contributed by atoms with Gasteiger partial charge in [0.1, 0.15) is 5.75 Å². The molecule has 5 heteroatoms. The second kappa shape index (κ2) is 9.59. The normalized spacial score (nSPS) is 14.0. The number of hydrogen-bond acceptors (Lipinski definition) is 3. The first-order valence-electron chi connectivity index (χ1n) is 10.4. The van der Waals surface area contributed by atoms with Gasteiger partial charge >= 0.3 is 0 Å². The lowest BCUT2D eigenvalue weighted by atomic mass is 10.0. The number of carbonyl (C=O) groups is 2. The number of ether oxygens (including phenoxy) is 1. The van der Waals surface area contributed by atoms with Crippen molar-refractivity contribution in [1.29, 1.82) is 0 Å². The van der Waals surface area contributed by atoms with E-state index in [1.807, 2.05) is 42.2 Å². The number of rotatable bonds is 6. The van der Waals surface area contributed by atoms with Gasteiger partial charge in [-0.3, -0.25) is 9.59 Å². The lowest BCUT2D eigenvalue weighted by Gasteiger charge is -2.27. The second-order valence-electron chi connectivity index (χ2n) is 7.93. The van der Waals surface area contributed by atoms with Gasteiger partial charge in [0.2, 0.25) is 0 Å². The molecule has 1 heterocycles. The summed E-state index contributed by atoms with van der Waals surface area (Å²) in [4.78, 5) is 27.3. The van der Waals surface area contributed by atoms with Gasteiger partial charge in [-0.2, -0.15) is 0 Å². The minimum atomic E-state index is -0.278. The van der Waals surface area contributed by atoms with Crippen molar-refractivity contribution >= 4 is 17.5 Å². The van der Waals surface area contributed by atoms with E-state index in [1.165, 1.54) is 0 Å². The Labute approximate surface area is 173 Å². The van der Waals surface area contributed by atoms with E-state index >= 15 is 0 Å². The van der Waals surface area contributed by atoms with Crippen molar-refractivity contribution in [3.63, 3.8) is 0 Å². The van der Waals surface area contributed by atoms with E-state index in [2.05, 4.69) is 19.2 Å². The Bertz CT molecular complexity index is 870. The Kier molecular flexibility index (Phi) is 6.91. The van der Waals surface area contributed by atoms with E-state index in [-0.39, 0.29) is 18.4 Å². The molecule has 3 rings (SSSR count). The Morgan fingerprint density at radius 1 is 1.07 bits per heavy atom. The monoisotopic (exact) mass is 394 g/mol. The number of piperidine rings is 1. The highest BCUT2D eigenvalue weighted by Crippen LogP contribution is 2.27. The van der Waals surface area contributed by atoms with E-state index in [0.29, 0.717) is 17.2 Å². The van der Waals surface area contributed by atoms with Crippen LogP contribution >= 0.6 is 0 Å². The fourth-order valence-electron chi connectivity index (χ4n) is 3.62. The fourth-order valence-corrected chi connectivity index (χ4v) is 3.62. The zero-order valence-electron chi connectivity index (χ0n) is 17.5. The molecule has 1 saturated heterocycles. The lowest BCUT2D eigenvalue weighted by Crippen LogP contribution is -2.36. The molecule has 0 aromatic heterocycles. The number of amides is 2. The molecule has 0 unspecified atom stereocenters. The van der Waals surface area contributed by atoms with Gasteiger partial charge in [-0.05, 0) is 61.4 Å². The number of para-hydroxylation sites is 1. The Morgan fingerprint density at radius 2 is 1.79 bits per heavy atom. The summed E-state index contributed by atoms with van der Waals surface area (Å²) in [5.74, 6) is 0.729. The number of benzene rings is 2. The fraction of sp³-hybridized carbons (Fsp3) is 0.417. The first kappa shape index (κ1) is 20.9. The minimum absolute atomic E-state index is 0.0257. The van der Waals surface area contributed by atoms with Crippen molar-refractivity contribution < 1.29 is 14.3 Å². The SMILES string of the molecule is Cc1ccc(C(C)C)c(OCC(=O)Nc2ccccc2C(=O)N2CCCCC2)c1. The van der Waals surface area contributed by atoms with E-state index in [1.54, 1.807) is 12.1 Å². The Morgan fingerprint density at radius 3 is 2.52 bits per heavy atom. The van der Waals surface area contributed by atoms with Gasteiger partial charge in [-0.15, -0.1) is 0 Å². The summed E-state index contributed by atoms with van der Waals surface area (Å²) in [6.45, 7) is 7.64. The largest absolute Gasteiger partial charge is 0.483 e. The predicted molar refractivity (Wildman–Crippen MR) is 116 cm³/mol. The molecular weight excluding hydrogens is 364 g/mol. The summed E-state index contributed by atoms with van der Waals surface area (Å²) in [5, 5.41) is 2.85. The molecule has 2 amide bonds. The third-order valence-electron chi connectivity index (χ3n) is 5.22. The molecule has 29 heavy (non-hydrogen) atoms. The van der Waals surface area contributed by atoms with Gasteiger partial charge in [-0.1, -0.05) is 38.1 Å². The lowest BCUT2D eigenvalue weighted by molar-refractivity contribution is -0.118. The molecule has 2 aromatic carbocycles. The molecule has 1 N–H and O–H groups in total. The zero-order valence-corrected chi connectivity index (χ0v) is 17.5. The summed E-state index contributed by atoms with van der Waals surface area (Å²) in [7, 11) is 0.